The van der Waals surface area contributed by atoms with Crippen LogP contribution in [0.25, 0.3) is 0 Å². The summed E-state index contributed by atoms with van der Waals surface area (Å²) in [4.78, 5) is 1.98. The molecule has 3 nitrogen and oxygen atoms in total. The third kappa shape index (κ3) is 1.90. The maximum absolute atomic E-state index is 13.2. The highest BCUT2D eigenvalue weighted by Crippen LogP contribution is 2.30. The highest BCUT2D eigenvalue weighted by Gasteiger charge is 2.35. The Bertz CT molecular complexity index is 495. The third-order valence-electron chi connectivity index (χ3n) is 3.83. The lowest BCUT2D eigenvalue weighted by atomic mass is 10.0. The van der Waals surface area contributed by atoms with Crippen LogP contribution in [0.4, 0.5) is 4.39 Å². The molecule has 0 bridgehead atoms. The van der Waals surface area contributed by atoms with Crippen LogP contribution < -0.4 is 0 Å². The van der Waals surface area contributed by atoms with Gasteiger partial charge < -0.3 is 9.64 Å². The predicted octanol–water partition coefficient (Wildman–Crippen LogP) is 2.54. The van der Waals surface area contributed by atoms with Crippen molar-refractivity contribution in [1.82, 2.24) is 4.90 Å². The van der Waals surface area contributed by atoms with Crippen molar-refractivity contribution in [3.8, 4) is 0 Å². The Morgan fingerprint density at radius 1 is 1.50 bits per heavy atom. The Kier molecular flexibility index (Phi) is 2.63. The summed E-state index contributed by atoms with van der Waals surface area (Å²) in [6, 6.07) is 4.69. The quantitative estimate of drug-likeness (QED) is 0.873. The fourth-order valence-corrected chi connectivity index (χ4v) is 2.86. The van der Waals surface area contributed by atoms with Crippen molar-refractivity contribution in [1.29, 1.82) is 5.41 Å². The molecule has 96 valence electrons. The van der Waals surface area contributed by atoms with Crippen molar-refractivity contribution >= 4 is 5.84 Å². The number of amidine groups is 1. The monoisotopic (exact) mass is 248 g/mol. The van der Waals surface area contributed by atoms with Crippen LogP contribution in [0.5, 0.6) is 0 Å². The van der Waals surface area contributed by atoms with Crippen molar-refractivity contribution in [2.75, 3.05) is 13.2 Å². The summed E-state index contributed by atoms with van der Waals surface area (Å²) < 4.78 is 19.0. The minimum atomic E-state index is -0.274. The molecule has 1 aromatic rings. The first-order valence-electron chi connectivity index (χ1n) is 6.34. The van der Waals surface area contributed by atoms with Gasteiger partial charge in [-0.15, -0.1) is 0 Å². The van der Waals surface area contributed by atoms with Gasteiger partial charge in [-0.25, -0.2) is 4.39 Å². The normalized spacial score (nSPS) is 26.8. The zero-order valence-electron chi connectivity index (χ0n) is 10.5. The SMILES string of the molecule is CC1(CN2Cc3ccc(F)cc3C2=N)CCCO1. The first kappa shape index (κ1) is 11.7. The zero-order valence-corrected chi connectivity index (χ0v) is 10.5. The third-order valence-corrected chi connectivity index (χ3v) is 3.83. The van der Waals surface area contributed by atoms with Crippen molar-refractivity contribution in [2.45, 2.75) is 31.9 Å². The second kappa shape index (κ2) is 4.05. The van der Waals surface area contributed by atoms with Gasteiger partial charge in [0.1, 0.15) is 11.7 Å². The Balaban J connectivity index is 1.80. The van der Waals surface area contributed by atoms with Crippen molar-refractivity contribution in [3.63, 3.8) is 0 Å². The van der Waals surface area contributed by atoms with E-state index >= 15 is 0 Å². The molecule has 0 aliphatic carbocycles. The average Bonchev–Trinajstić information content (AvgIpc) is 2.87. The molecule has 4 heteroatoms. The van der Waals surface area contributed by atoms with E-state index in [4.69, 9.17) is 10.1 Å². The van der Waals surface area contributed by atoms with Crippen molar-refractivity contribution in [3.05, 3.63) is 35.1 Å². The first-order valence-corrected chi connectivity index (χ1v) is 6.34. The molecule has 1 atom stereocenters. The number of nitrogens with one attached hydrogen (secondary N) is 1. The Morgan fingerprint density at radius 2 is 2.33 bits per heavy atom. The summed E-state index contributed by atoms with van der Waals surface area (Å²) in [7, 11) is 0. The van der Waals surface area contributed by atoms with E-state index in [0.29, 0.717) is 18.9 Å². The maximum Gasteiger partial charge on any atom is 0.128 e. The van der Waals surface area contributed by atoms with Crippen molar-refractivity contribution in [2.24, 2.45) is 0 Å². The Labute approximate surface area is 106 Å². The Hall–Kier alpha value is -1.42. The lowest BCUT2D eigenvalue weighted by molar-refractivity contribution is 0.00399. The van der Waals surface area contributed by atoms with Crippen molar-refractivity contribution < 1.29 is 9.13 Å². The van der Waals surface area contributed by atoms with Gasteiger partial charge in [0.15, 0.2) is 0 Å². The molecule has 1 saturated heterocycles. The molecule has 1 unspecified atom stereocenters. The molecular formula is C14H17FN2O. The number of rotatable bonds is 2. The molecular weight excluding hydrogens is 231 g/mol. The molecule has 18 heavy (non-hydrogen) atoms. The molecule has 0 saturated carbocycles. The largest absolute Gasteiger partial charge is 0.373 e. The molecule has 1 N–H and O–H groups in total. The molecule has 0 spiro atoms. The van der Waals surface area contributed by atoms with E-state index < -0.39 is 0 Å². The van der Waals surface area contributed by atoms with Gasteiger partial charge in [0.25, 0.3) is 0 Å². The van der Waals surface area contributed by atoms with E-state index in [1.807, 2.05) is 4.90 Å². The summed E-state index contributed by atoms with van der Waals surface area (Å²) in [6.07, 6.45) is 2.11. The first-order chi connectivity index (χ1) is 8.57. The van der Waals surface area contributed by atoms with Gasteiger partial charge in [-0.05, 0) is 37.5 Å². The van der Waals surface area contributed by atoms with Gasteiger partial charge in [-0.3, -0.25) is 5.41 Å². The minimum Gasteiger partial charge on any atom is -0.373 e. The summed E-state index contributed by atoms with van der Waals surface area (Å²) in [5, 5.41) is 8.14. The zero-order chi connectivity index (χ0) is 12.8. The second-order valence-corrected chi connectivity index (χ2v) is 5.41. The number of ether oxygens (including phenoxy) is 1. The molecule has 1 fully saturated rings. The second-order valence-electron chi connectivity index (χ2n) is 5.41. The minimum absolute atomic E-state index is 0.160. The van der Waals surface area contributed by atoms with Crippen LogP contribution in [0.1, 0.15) is 30.9 Å². The Morgan fingerprint density at radius 3 is 3.06 bits per heavy atom. The molecule has 0 radical (unpaired) electrons. The van der Waals surface area contributed by atoms with Gasteiger partial charge in [-0.2, -0.15) is 0 Å². The van der Waals surface area contributed by atoms with E-state index in [9.17, 15) is 4.39 Å². The fourth-order valence-electron chi connectivity index (χ4n) is 2.86. The summed E-state index contributed by atoms with van der Waals surface area (Å²) in [5.41, 5.74) is 1.59. The van der Waals surface area contributed by atoms with Crippen LogP contribution in [-0.2, 0) is 11.3 Å². The van der Waals surface area contributed by atoms with Crippen LogP contribution >= 0.6 is 0 Å². The fraction of sp³-hybridized carbons (Fsp3) is 0.500. The standard InChI is InChI=1S/C14H17FN2O/c1-14(5-2-6-18-14)9-17-8-10-3-4-11(15)7-12(10)13(17)16/h3-4,7,16H,2,5-6,8-9H2,1H3. The lowest BCUT2D eigenvalue weighted by Crippen LogP contribution is -2.40. The highest BCUT2D eigenvalue weighted by atomic mass is 19.1. The number of fused-ring (bicyclic) bond motifs is 1. The molecule has 2 aliphatic heterocycles. The smallest absolute Gasteiger partial charge is 0.128 e. The number of hydrogen-bond donors (Lipinski definition) is 1. The van der Waals surface area contributed by atoms with E-state index in [1.54, 1.807) is 6.07 Å². The summed E-state index contributed by atoms with van der Waals surface area (Å²) >= 11 is 0. The van der Waals surface area contributed by atoms with Crippen LogP contribution in [-0.4, -0.2) is 29.5 Å². The summed E-state index contributed by atoms with van der Waals surface area (Å²) in [5.74, 6) is 0.143. The average molecular weight is 248 g/mol. The van der Waals surface area contributed by atoms with E-state index in [1.165, 1.54) is 12.1 Å². The van der Waals surface area contributed by atoms with Crippen LogP contribution in [0.3, 0.4) is 0 Å². The molecule has 2 aliphatic rings. The van der Waals surface area contributed by atoms with E-state index in [0.717, 1.165) is 30.6 Å². The topological polar surface area (TPSA) is 36.3 Å². The van der Waals surface area contributed by atoms with Gasteiger partial charge in [0.05, 0.1) is 5.60 Å². The number of nitrogens with zero attached hydrogens (tertiary/aromatic N) is 1. The van der Waals surface area contributed by atoms with Crippen LogP contribution in [0.15, 0.2) is 18.2 Å². The summed E-state index contributed by atoms with van der Waals surface area (Å²) in [6.45, 7) is 4.30. The van der Waals surface area contributed by atoms with Gasteiger partial charge in [0, 0.05) is 25.3 Å². The number of benzene rings is 1. The number of halogens is 1. The molecule has 0 amide bonds. The predicted molar refractivity (Wildman–Crippen MR) is 67.2 cm³/mol. The van der Waals surface area contributed by atoms with E-state index in [2.05, 4.69) is 6.92 Å². The molecule has 2 heterocycles. The molecule has 0 aromatic heterocycles. The van der Waals surface area contributed by atoms with Gasteiger partial charge in [-0.1, -0.05) is 6.07 Å². The maximum atomic E-state index is 13.2. The van der Waals surface area contributed by atoms with Crippen LogP contribution in [0.2, 0.25) is 0 Å². The highest BCUT2D eigenvalue weighted by molar-refractivity contribution is 6.00. The lowest BCUT2D eigenvalue weighted by Gasteiger charge is -2.30. The molecule has 1 aromatic carbocycles. The van der Waals surface area contributed by atoms with E-state index in [-0.39, 0.29) is 11.4 Å². The van der Waals surface area contributed by atoms with Gasteiger partial charge in [0.2, 0.25) is 0 Å². The van der Waals surface area contributed by atoms with Crippen LogP contribution in [0, 0.1) is 11.2 Å². The molecule has 3 rings (SSSR count). The van der Waals surface area contributed by atoms with Gasteiger partial charge >= 0.3 is 0 Å². The number of hydrogen-bond acceptors (Lipinski definition) is 2.